The molecule has 0 atom stereocenters. The summed E-state index contributed by atoms with van der Waals surface area (Å²) in [5.41, 5.74) is 5.45. The minimum absolute atomic E-state index is 0.0890. The molecular weight excluding hydrogens is 304 g/mol. The minimum Gasteiger partial charge on any atom is -0.369 e. The molecule has 118 valence electrons. The number of nitriles is 1. The fraction of sp³-hybridized carbons (Fsp3) is 0.429. The molecule has 1 saturated heterocycles. The van der Waals surface area contributed by atoms with Crippen LogP contribution in [-0.2, 0) is 14.8 Å². The van der Waals surface area contributed by atoms with Crippen LogP contribution in [0.2, 0.25) is 0 Å². The lowest BCUT2D eigenvalue weighted by Crippen LogP contribution is -2.46. The molecular formula is C14H18N4O3S. The van der Waals surface area contributed by atoms with E-state index in [2.05, 4.69) is 4.72 Å². The number of carbonyl (C=O) groups excluding carboxylic acids is 1. The molecule has 22 heavy (non-hydrogen) atoms. The molecule has 8 heteroatoms. The van der Waals surface area contributed by atoms with Crippen LogP contribution in [0, 0.1) is 11.3 Å². The van der Waals surface area contributed by atoms with Crippen LogP contribution in [0.3, 0.4) is 0 Å². The summed E-state index contributed by atoms with van der Waals surface area (Å²) >= 11 is 0. The molecule has 0 radical (unpaired) electrons. The Morgan fingerprint density at radius 3 is 2.68 bits per heavy atom. The summed E-state index contributed by atoms with van der Waals surface area (Å²) in [6.45, 7) is 1.44. The Balaban J connectivity index is 1.99. The average Bonchev–Trinajstić information content (AvgIpc) is 2.48. The Kier molecular flexibility index (Phi) is 5.13. The second kappa shape index (κ2) is 6.87. The van der Waals surface area contributed by atoms with Crippen molar-refractivity contribution in [3.63, 3.8) is 0 Å². The summed E-state index contributed by atoms with van der Waals surface area (Å²) in [5, 5.41) is 8.84. The largest absolute Gasteiger partial charge is 0.369 e. The Bertz CT molecular complexity index is 688. The zero-order chi connectivity index (χ0) is 16.2. The number of piperidine rings is 1. The van der Waals surface area contributed by atoms with Crippen LogP contribution in [-0.4, -0.2) is 44.9 Å². The number of likely N-dealkylation sites (tertiary alicyclic amines) is 1. The first-order chi connectivity index (χ1) is 10.4. The van der Waals surface area contributed by atoms with Crippen molar-refractivity contribution in [1.82, 2.24) is 9.62 Å². The summed E-state index contributed by atoms with van der Waals surface area (Å²) in [6.07, 6.45) is 1.23. The van der Waals surface area contributed by atoms with E-state index >= 15 is 0 Å². The van der Waals surface area contributed by atoms with E-state index in [1.165, 1.54) is 12.1 Å². The Labute approximate surface area is 129 Å². The highest BCUT2D eigenvalue weighted by Crippen LogP contribution is 2.15. The van der Waals surface area contributed by atoms with Crippen molar-refractivity contribution in [2.45, 2.75) is 23.8 Å². The number of nitrogens with two attached hydrogens (primary N) is 1. The van der Waals surface area contributed by atoms with E-state index in [0.29, 0.717) is 31.5 Å². The number of hydrogen-bond donors (Lipinski definition) is 2. The maximum atomic E-state index is 12.3. The van der Waals surface area contributed by atoms with Crippen molar-refractivity contribution in [3.05, 3.63) is 29.8 Å². The topological polar surface area (TPSA) is 116 Å². The predicted molar refractivity (Wildman–Crippen MR) is 80.1 cm³/mol. The van der Waals surface area contributed by atoms with Crippen LogP contribution in [0.1, 0.15) is 18.4 Å². The average molecular weight is 322 g/mol. The quantitative estimate of drug-likeness (QED) is 0.778. The van der Waals surface area contributed by atoms with E-state index < -0.39 is 10.0 Å². The maximum Gasteiger partial charge on any atom is 0.240 e. The number of benzene rings is 1. The van der Waals surface area contributed by atoms with Gasteiger partial charge in [-0.15, -0.1) is 0 Å². The van der Waals surface area contributed by atoms with E-state index in [0.717, 1.165) is 0 Å². The SMILES string of the molecule is N#Cc1cccc(S(=O)(=O)NC2CCN(CC(N)=O)CC2)c1. The Hall–Kier alpha value is -1.95. The van der Waals surface area contributed by atoms with E-state index in [9.17, 15) is 13.2 Å². The van der Waals surface area contributed by atoms with E-state index in [1.54, 1.807) is 12.1 Å². The van der Waals surface area contributed by atoms with Gasteiger partial charge in [0.2, 0.25) is 15.9 Å². The van der Waals surface area contributed by atoms with Gasteiger partial charge in [0, 0.05) is 19.1 Å². The molecule has 1 aliphatic rings. The fourth-order valence-electron chi connectivity index (χ4n) is 2.45. The lowest BCUT2D eigenvalue weighted by Gasteiger charge is -2.31. The van der Waals surface area contributed by atoms with Crippen LogP contribution < -0.4 is 10.5 Å². The molecule has 0 spiro atoms. The number of nitrogens with one attached hydrogen (secondary N) is 1. The first-order valence-electron chi connectivity index (χ1n) is 6.94. The highest BCUT2D eigenvalue weighted by molar-refractivity contribution is 7.89. The number of rotatable bonds is 5. The smallest absolute Gasteiger partial charge is 0.240 e. The van der Waals surface area contributed by atoms with Gasteiger partial charge in [-0.2, -0.15) is 5.26 Å². The van der Waals surface area contributed by atoms with Crippen LogP contribution in [0.5, 0.6) is 0 Å². The third-order valence-corrected chi connectivity index (χ3v) is 5.08. The molecule has 0 saturated carbocycles. The summed E-state index contributed by atoms with van der Waals surface area (Å²) in [7, 11) is -3.64. The van der Waals surface area contributed by atoms with Gasteiger partial charge in [-0.3, -0.25) is 9.69 Å². The Morgan fingerprint density at radius 1 is 1.41 bits per heavy atom. The van der Waals surface area contributed by atoms with Crippen molar-refractivity contribution >= 4 is 15.9 Å². The molecule has 1 aliphatic heterocycles. The van der Waals surface area contributed by atoms with Gasteiger partial charge in [-0.05, 0) is 31.0 Å². The zero-order valence-electron chi connectivity index (χ0n) is 12.0. The molecule has 1 fully saturated rings. The van der Waals surface area contributed by atoms with E-state index in [4.69, 9.17) is 11.0 Å². The Morgan fingerprint density at radius 2 is 2.09 bits per heavy atom. The highest BCUT2D eigenvalue weighted by atomic mass is 32.2. The molecule has 1 amide bonds. The third kappa shape index (κ3) is 4.27. The maximum absolute atomic E-state index is 12.3. The first kappa shape index (κ1) is 16.4. The molecule has 1 aromatic carbocycles. The summed E-state index contributed by atoms with van der Waals surface area (Å²) in [5.74, 6) is -0.382. The molecule has 0 unspecified atom stereocenters. The number of nitrogens with zero attached hydrogens (tertiary/aromatic N) is 2. The fourth-order valence-corrected chi connectivity index (χ4v) is 3.80. The van der Waals surface area contributed by atoms with Gasteiger partial charge >= 0.3 is 0 Å². The van der Waals surface area contributed by atoms with Crippen LogP contribution in [0.25, 0.3) is 0 Å². The number of hydrogen-bond acceptors (Lipinski definition) is 5. The second-order valence-electron chi connectivity index (χ2n) is 5.28. The van der Waals surface area contributed by atoms with Crippen molar-refractivity contribution < 1.29 is 13.2 Å². The highest BCUT2D eigenvalue weighted by Gasteiger charge is 2.25. The van der Waals surface area contributed by atoms with Gasteiger partial charge < -0.3 is 5.73 Å². The lowest BCUT2D eigenvalue weighted by atomic mass is 10.1. The standard InChI is InChI=1S/C14H18N4O3S/c15-9-11-2-1-3-13(8-11)22(20,21)17-12-4-6-18(7-5-12)10-14(16)19/h1-3,8,12,17H,4-7,10H2,(H2,16,19). The molecule has 1 heterocycles. The first-order valence-corrected chi connectivity index (χ1v) is 8.42. The van der Waals surface area contributed by atoms with Gasteiger partial charge in [-0.25, -0.2) is 13.1 Å². The van der Waals surface area contributed by atoms with Crippen LogP contribution >= 0.6 is 0 Å². The van der Waals surface area contributed by atoms with Crippen molar-refractivity contribution in [2.24, 2.45) is 5.73 Å². The van der Waals surface area contributed by atoms with Crippen molar-refractivity contribution in [2.75, 3.05) is 19.6 Å². The van der Waals surface area contributed by atoms with Gasteiger partial charge in [0.05, 0.1) is 23.1 Å². The molecule has 3 N–H and O–H groups in total. The number of sulfonamides is 1. The van der Waals surface area contributed by atoms with Gasteiger partial charge in [0.1, 0.15) is 0 Å². The predicted octanol–water partition coefficient (Wildman–Crippen LogP) is -0.214. The molecule has 0 bridgehead atoms. The number of amides is 1. The molecule has 1 aromatic rings. The van der Waals surface area contributed by atoms with Crippen molar-refractivity contribution in [1.29, 1.82) is 5.26 Å². The van der Waals surface area contributed by atoms with Gasteiger partial charge in [0.25, 0.3) is 0 Å². The molecule has 2 rings (SSSR count). The monoisotopic (exact) mass is 322 g/mol. The lowest BCUT2D eigenvalue weighted by molar-refractivity contribution is -0.119. The van der Waals surface area contributed by atoms with Crippen LogP contribution in [0.4, 0.5) is 0 Å². The van der Waals surface area contributed by atoms with Gasteiger partial charge in [0.15, 0.2) is 0 Å². The summed E-state index contributed by atoms with van der Waals surface area (Å²) < 4.78 is 27.3. The number of carbonyl (C=O) groups is 1. The summed E-state index contributed by atoms with van der Waals surface area (Å²) in [6, 6.07) is 7.66. The van der Waals surface area contributed by atoms with Gasteiger partial charge in [-0.1, -0.05) is 6.07 Å². The molecule has 0 aliphatic carbocycles. The zero-order valence-corrected chi connectivity index (χ0v) is 12.8. The van der Waals surface area contributed by atoms with E-state index in [-0.39, 0.29) is 23.4 Å². The third-order valence-electron chi connectivity index (χ3n) is 3.56. The van der Waals surface area contributed by atoms with E-state index in [1.807, 2.05) is 11.0 Å². The van der Waals surface area contributed by atoms with Crippen LogP contribution in [0.15, 0.2) is 29.2 Å². The molecule has 0 aromatic heterocycles. The normalized spacial score (nSPS) is 17.0. The van der Waals surface area contributed by atoms with Crippen molar-refractivity contribution in [3.8, 4) is 6.07 Å². The summed E-state index contributed by atoms with van der Waals surface area (Å²) in [4.78, 5) is 12.9. The molecule has 7 nitrogen and oxygen atoms in total. The number of primary amides is 1. The minimum atomic E-state index is -3.64. The second-order valence-corrected chi connectivity index (χ2v) is 6.99.